The van der Waals surface area contributed by atoms with E-state index in [1.807, 2.05) is 19.6 Å². The first-order valence-corrected chi connectivity index (χ1v) is 9.48. The van der Waals surface area contributed by atoms with Crippen molar-refractivity contribution in [2.75, 3.05) is 13.2 Å². The molecule has 1 saturated heterocycles. The average molecular weight is 353 g/mol. The zero-order valence-corrected chi connectivity index (χ0v) is 15.6. The summed E-state index contributed by atoms with van der Waals surface area (Å²) < 4.78 is 9.87. The lowest BCUT2D eigenvalue weighted by Crippen LogP contribution is -2.33. The third kappa shape index (κ3) is 3.39. The van der Waals surface area contributed by atoms with Crippen molar-refractivity contribution in [1.29, 1.82) is 0 Å². The van der Waals surface area contributed by atoms with E-state index in [1.165, 1.54) is 5.56 Å². The van der Waals surface area contributed by atoms with Crippen LogP contribution in [0.4, 0.5) is 0 Å². The maximum Gasteiger partial charge on any atom is 0.126 e. The Labute approximate surface area is 154 Å². The van der Waals surface area contributed by atoms with E-state index in [0.29, 0.717) is 5.92 Å². The van der Waals surface area contributed by atoms with Crippen molar-refractivity contribution in [3.05, 3.63) is 48.3 Å². The van der Waals surface area contributed by atoms with Crippen LogP contribution in [0.3, 0.4) is 0 Å². The molecule has 0 saturated carbocycles. The quantitative estimate of drug-likeness (QED) is 0.740. The Balaban J connectivity index is 1.55. The van der Waals surface area contributed by atoms with E-state index in [0.717, 1.165) is 56.0 Å². The highest BCUT2D eigenvalue weighted by molar-refractivity contribution is 5.75. The van der Waals surface area contributed by atoms with Gasteiger partial charge in [-0.1, -0.05) is 6.07 Å². The second kappa shape index (κ2) is 7.60. The molecule has 3 heterocycles. The molecule has 0 radical (unpaired) electrons. The van der Waals surface area contributed by atoms with Crippen molar-refractivity contribution in [2.24, 2.45) is 13.0 Å². The third-order valence-corrected chi connectivity index (χ3v) is 5.42. The van der Waals surface area contributed by atoms with Gasteiger partial charge < -0.3 is 19.2 Å². The zero-order valence-electron chi connectivity index (χ0n) is 15.6. The summed E-state index contributed by atoms with van der Waals surface area (Å²) in [7, 11) is 2.03. The number of ether oxygens (including phenoxy) is 1. The normalized spacial score (nSPS) is 17.0. The maximum absolute atomic E-state index is 5.57. The van der Waals surface area contributed by atoms with Crippen LogP contribution in [-0.2, 0) is 24.9 Å². The van der Waals surface area contributed by atoms with Crippen molar-refractivity contribution in [3.8, 4) is 0 Å². The molecule has 3 aromatic rings. The van der Waals surface area contributed by atoms with E-state index in [9.17, 15) is 0 Å². The lowest BCUT2D eigenvalue weighted by molar-refractivity contribution is 0.0517. The summed E-state index contributed by atoms with van der Waals surface area (Å²) in [6.07, 6.45) is 8.00. The summed E-state index contributed by atoms with van der Waals surface area (Å²) in [5.41, 5.74) is 3.46. The fraction of sp³-hybridized carbons (Fsp3) is 0.500. The number of rotatable bonds is 6. The van der Waals surface area contributed by atoms with Gasteiger partial charge in [-0.3, -0.25) is 0 Å². The molecule has 1 aromatic carbocycles. The zero-order chi connectivity index (χ0) is 17.9. The molecule has 1 atom stereocenters. The van der Waals surface area contributed by atoms with Gasteiger partial charge in [-0.25, -0.2) is 9.97 Å². The molecule has 6 heteroatoms. The van der Waals surface area contributed by atoms with E-state index >= 15 is 0 Å². The van der Waals surface area contributed by atoms with Crippen molar-refractivity contribution in [2.45, 2.75) is 38.9 Å². The number of nitrogens with zero attached hydrogens (tertiary/aromatic N) is 4. The van der Waals surface area contributed by atoms with Crippen LogP contribution >= 0.6 is 0 Å². The monoisotopic (exact) mass is 353 g/mol. The Hall–Kier alpha value is -2.18. The Bertz CT molecular complexity index is 862. The number of hydrogen-bond acceptors (Lipinski definition) is 4. The molecule has 4 rings (SSSR count). The molecule has 1 unspecified atom stereocenters. The van der Waals surface area contributed by atoms with Crippen molar-refractivity contribution in [3.63, 3.8) is 0 Å². The van der Waals surface area contributed by atoms with Gasteiger partial charge in [0.25, 0.3) is 0 Å². The molecule has 1 N–H and O–H groups in total. The molecular formula is C20H27N5O. The SMILES string of the molecule is CCn1ccnc1C(NCc1ccc2c(c1)ncn2C)C1CCOCC1. The number of fused-ring (bicyclic) bond motifs is 1. The van der Waals surface area contributed by atoms with Gasteiger partial charge in [0, 0.05) is 45.7 Å². The molecular weight excluding hydrogens is 326 g/mol. The molecule has 0 spiro atoms. The molecule has 6 nitrogen and oxygen atoms in total. The van der Waals surface area contributed by atoms with Crippen LogP contribution < -0.4 is 5.32 Å². The molecule has 0 amide bonds. The lowest BCUT2D eigenvalue weighted by atomic mass is 9.91. The highest BCUT2D eigenvalue weighted by Crippen LogP contribution is 2.30. The summed E-state index contributed by atoms with van der Waals surface area (Å²) >= 11 is 0. The Morgan fingerprint density at radius 2 is 2.12 bits per heavy atom. The molecule has 1 fully saturated rings. The highest BCUT2D eigenvalue weighted by Gasteiger charge is 2.28. The minimum absolute atomic E-state index is 0.244. The molecule has 26 heavy (non-hydrogen) atoms. The van der Waals surface area contributed by atoms with Crippen LogP contribution in [0.5, 0.6) is 0 Å². The van der Waals surface area contributed by atoms with Gasteiger partial charge in [0.15, 0.2) is 0 Å². The Morgan fingerprint density at radius 3 is 2.92 bits per heavy atom. The molecule has 0 aliphatic carbocycles. The molecule has 1 aliphatic rings. The summed E-state index contributed by atoms with van der Waals surface area (Å²) in [5, 5.41) is 3.78. The van der Waals surface area contributed by atoms with E-state index in [-0.39, 0.29) is 6.04 Å². The Kier molecular flexibility index (Phi) is 5.04. The second-order valence-electron chi connectivity index (χ2n) is 7.06. The first-order chi connectivity index (χ1) is 12.8. The van der Waals surface area contributed by atoms with Gasteiger partial charge in [-0.2, -0.15) is 0 Å². The van der Waals surface area contributed by atoms with Crippen molar-refractivity contribution >= 4 is 11.0 Å². The third-order valence-electron chi connectivity index (χ3n) is 5.42. The number of nitrogens with one attached hydrogen (secondary N) is 1. The number of benzene rings is 1. The second-order valence-corrected chi connectivity index (χ2v) is 7.06. The van der Waals surface area contributed by atoms with Crippen LogP contribution in [0.15, 0.2) is 36.9 Å². The predicted octanol–water partition coefficient (Wildman–Crippen LogP) is 3.05. The van der Waals surface area contributed by atoms with Crippen LogP contribution in [0.25, 0.3) is 11.0 Å². The minimum Gasteiger partial charge on any atom is -0.381 e. The largest absolute Gasteiger partial charge is 0.381 e. The topological polar surface area (TPSA) is 56.9 Å². The maximum atomic E-state index is 5.57. The minimum atomic E-state index is 0.244. The first kappa shape index (κ1) is 17.2. The molecule has 0 bridgehead atoms. The van der Waals surface area contributed by atoms with E-state index < -0.39 is 0 Å². The number of aryl methyl sites for hydroxylation is 2. The highest BCUT2D eigenvalue weighted by atomic mass is 16.5. The molecule has 2 aromatic heterocycles. The van der Waals surface area contributed by atoms with Gasteiger partial charge in [0.2, 0.25) is 0 Å². The fourth-order valence-electron chi connectivity index (χ4n) is 3.90. The number of aromatic nitrogens is 4. The van der Waals surface area contributed by atoms with Gasteiger partial charge in [0.1, 0.15) is 5.82 Å². The van der Waals surface area contributed by atoms with Crippen LogP contribution in [0, 0.1) is 5.92 Å². The van der Waals surface area contributed by atoms with Gasteiger partial charge >= 0.3 is 0 Å². The fourth-order valence-corrected chi connectivity index (χ4v) is 3.90. The summed E-state index contributed by atoms with van der Waals surface area (Å²) in [4.78, 5) is 9.15. The van der Waals surface area contributed by atoms with Crippen molar-refractivity contribution < 1.29 is 4.74 Å². The van der Waals surface area contributed by atoms with E-state index in [4.69, 9.17) is 4.74 Å². The van der Waals surface area contributed by atoms with E-state index in [2.05, 4.69) is 55.7 Å². The predicted molar refractivity (Wildman–Crippen MR) is 102 cm³/mol. The number of hydrogen-bond donors (Lipinski definition) is 1. The van der Waals surface area contributed by atoms with Crippen molar-refractivity contribution in [1.82, 2.24) is 24.4 Å². The summed E-state index contributed by atoms with van der Waals surface area (Å²) in [6.45, 7) is 5.61. The standard InChI is InChI=1S/C20H27N5O/c1-3-25-9-8-21-20(25)19(16-6-10-26-11-7-16)22-13-15-4-5-18-17(12-15)23-14-24(18)2/h4-5,8-9,12,14,16,19,22H,3,6-7,10-11,13H2,1-2H3. The van der Waals surface area contributed by atoms with Crippen LogP contribution in [0.2, 0.25) is 0 Å². The molecule has 1 aliphatic heterocycles. The van der Waals surface area contributed by atoms with Gasteiger partial charge in [-0.15, -0.1) is 0 Å². The lowest BCUT2D eigenvalue weighted by Gasteiger charge is -2.31. The van der Waals surface area contributed by atoms with Crippen LogP contribution in [0.1, 0.15) is 37.2 Å². The summed E-state index contributed by atoms with van der Waals surface area (Å²) in [5.74, 6) is 1.69. The van der Waals surface area contributed by atoms with Gasteiger partial charge in [-0.05, 0) is 43.4 Å². The van der Waals surface area contributed by atoms with E-state index in [1.54, 1.807) is 0 Å². The van der Waals surface area contributed by atoms with Gasteiger partial charge in [0.05, 0.1) is 23.4 Å². The molecule has 138 valence electrons. The number of imidazole rings is 2. The summed E-state index contributed by atoms with van der Waals surface area (Å²) in [6, 6.07) is 6.75. The smallest absolute Gasteiger partial charge is 0.126 e. The first-order valence-electron chi connectivity index (χ1n) is 9.48. The Morgan fingerprint density at radius 1 is 1.27 bits per heavy atom. The average Bonchev–Trinajstić information content (AvgIpc) is 3.30. The van der Waals surface area contributed by atoms with Crippen LogP contribution in [-0.4, -0.2) is 32.3 Å².